The van der Waals surface area contributed by atoms with Crippen molar-refractivity contribution >= 4 is 29.2 Å². The smallest absolute Gasteiger partial charge is 0.320 e. The highest BCUT2D eigenvalue weighted by atomic mass is 35.5. The summed E-state index contributed by atoms with van der Waals surface area (Å²) >= 11 is 12.2. The number of nitrogens with zero attached hydrogens (tertiary/aromatic N) is 1. The maximum absolute atomic E-state index is 11.0. The first-order chi connectivity index (χ1) is 9.47. The summed E-state index contributed by atoms with van der Waals surface area (Å²) in [5.74, 6) is -0.204. The van der Waals surface area contributed by atoms with Gasteiger partial charge >= 0.3 is 5.97 Å². The van der Waals surface area contributed by atoms with Crippen molar-refractivity contribution in [3.63, 3.8) is 0 Å². The quantitative estimate of drug-likeness (QED) is 0.920. The normalized spacial score (nSPS) is 18.9. The Balaban J connectivity index is 1.91. The number of benzene rings is 1. The molecular formula is C15H19Cl2NO2. The molecule has 1 aliphatic heterocycles. The van der Waals surface area contributed by atoms with Crippen LogP contribution in [0.15, 0.2) is 18.2 Å². The van der Waals surface area contributed by atoms with Crippen LogP contribution >= 0.6 is 23.2 Å². The second-order valence-corrected chi connectivity index (χ2v) is 6.28. The zero-order valence-corrected chi connectivity index (χ0v) is 13.0. The third-order valence-corrected chi connectivity index (χ3v) is 4.67. The second kappa shape index (κ2) is 6.79. The van der Waals surface area contributed by atoms with Crippen molar-refractivity contribution in [3.05, 3.63) is 33.8 Å². The van der Waals surface area contributed by atoms with Gasteiger partial charge in [0.25, 0.3) is 0 Å². The largest absolute Gasteiger partial charge is 0.480 e. The van der Waals surface area contributed by atoms with E-state index < -0.39 is 12.0 Å². The van der Waals surface area contributed by atoms with Crippen molar-refractivity contribution in [2.45, 2.75) is 32.2 Å². The van der Waals surface area contributed by atoms with Crippen LogP contribution in [0.1, 0.15) is 25.3 Å². The van der Waals surface area contributed by atoms with Gasteiger partial charge in [-0.05, 0) is 69.0 Å². The van der Waals surface area contributed by atoms with Crippen molar-refractivity contribution in [3.8, 4) is 0 Å². The molecule has 1 aromatic rings. The molecule has 5 heteroatoms. The van der Waals surface area contributed by atoms with E-state index in [4.69, 9.17) is 28.3 Å². The predicted molar refractivity (Wildman–Crippen MR) is 81.6 cm³/mol. The van der Waals surface area contributed by atoms with Crippen LogP contribution < -0.4 is 0 Å². The second-order valence-electron chi connectivity index (χ2n) is 5.43. The third-order valence-electron chi connectivity index (χ3n) is 4.07. The Kier molecular flexibility index (Phi) is 5.30. The van der Waals surface area contributed by atoms with Crippen LogP contribution in [-0.4, -0.2) is 35.1 Å². The maximum Gasteiger partial charge on any atom is 0.320 e. The van der Waals surface area contributed by atoms with Crippen molar-refractivity contribution < 1.29 is 9.90 Å². The van der Waals surface area contributed by atoms with Gasteiger partial charge in [0.15, 0.2) is 0 Å². The third kappa shape index (κ3) is 3.87. The molecule has 1 atom stereocenters. The Bertz CT molecular complexity index is 485. The fourth-order valence-corrected chi connectivity index (χ4v) is 3.10. The Morgan fingerprint density at radius 2 is 2.05 bits per heavy atom. The SMILES string of the molecule is CC(C(=O)O)N1CCC(Cc2cc(Cl)ccc2Cl)CC1. The van der Waals surface area contributed by atoms with Crippen molar-refractivity contribution in [1.82, 2.24) is 4.90 Å². The molecule has 0 amide bonds. The number of carboxylic acids is 1. The molecule has 0 aromatic heterocycles. The Morgan fingerprint density at radius 1 is 1.40 bits per heavy atom. The zero-order valence-electron chi connectivity index (χ0n) is 11.5. The van der Waals surface area contributed by atoms with Gasteiger partial charge in [-0.3, -0.25) is 9.69 Å². The lowest BCUT2D eigenvalue weighted by Gasteiger charge is -2.34. The van der Waals surface area contributed by atoms with Crippen LogP contribution in [0.2, 0.25) is 10.0 Å². The van der Waals surface area contributed by atoms with E-state index in [0.717, 1.165) is 42.9 Å². The molecule has 3 nitrogen and oxygen atoms in total. The molecule has 2 rings (SSSR count). The molecule has 1 unspecified atom stereocenters. The lowest BCUT2D eigenvalue weighted by Crippen LogP contribution is -2.44. The maximum atomic E-state index is 11.0. The van der Waals surface area contributed by atoms with E-state index in [1.165, 1.54) is 0 Å². The van der Waals surface area contributed by atoms with E-state index >= 15 is 0 Å². The number of aliphatic carboxylic acids is 1. The van der Waals surface area contributed by atoms with Crippen LogP contribution in [0.3, 0.4) is 0 Å². The molecule has 1 aliphatic rings. The van der Waals surface area contributed by atoms with Crippen molar-refractivity contribution in [2.75, 3.05) is 13.1 Å². The van der Waals surface area contributed by atoms with Crippen LogP contribution in [-0.2, 0) is 11.2 Å². The number of rotatable bonds is 4. The summed E-state index contributed by atoms with van der Waals surface area (Å²) < 4.78 is 0. The summed E-state index contributed by atoms with van der Waals surface area (Å²) in [6.07, 6.45) is 2.91. The molecule has 1 N–H and O–H groups in total. The number of halogens is 2. The first-order valence-electron chi connectivity index (χ1n) is 6.88. The highest BCUT2D eigenvalue weighted by molar-refractivity contribution is 6.33. The lowest BCUT2D eigenvalue weighted by atomic mass is 9.89. The van der Waals surface area contributed by atoms with Crippen molar-refractivity contribution in [2.24, 2.45) is 5.92 Å². The van der Waals surface area contributed by atoms with Gasteiger partial charge in [0.05, 0.1) is 0 Å². The van der Waals surface area contributed by atoms with Crippen LogP contribution in [0.5, 0.6) is 0 Å². The Morgan fingerprint density at radius 3 is 2.65 bits per heavy atom. The molecule has 0 radical (unpaired) electrons. The van der Waals surface area contributed by atoms with E-state index in [0.29, 0.717) is 10.9 Å². The minimum Gasteiger partial charge on any atom is -0.480 e. The molecule has 0 spiro atoms. The van der Waals surface area contributed by atoms with Crippen LogP contribution in [0, 0.1) is 5.92 Å². The topological polar surface area (TPSA) is 40.5 Å². The first-order valence-corrected chi connectivity index (χ1v) is 7.63. The van der Waals surface area contributed by atoms with Crippen LogP contribution in [0.4, 0.5) is 0 Å². The molecule has 20 heavy (non-hydrogen) atoms. The number of carboxylic acid groups (broad SMARTS) is 1. The molecule has 0 aliphatic carbocycles. The van der Waals surface area contributed by atoms with E-state index in [1.807, 2.05) is 17.0 Å². The molecule has 1 saturated heterocycles. The summed E-state index contributed by atoms with van der Waals surface area (Å²) in [4.78, 5) is 13.0. The Labute approximate surface area is 129 Å². The van der Waals surface area contributed by atoms with Crippen LogP contribution in [0.25, 0.3) is 0 Å². The predicted octanol–water partition coefficient (Wildman–Crippen LogP) is 3.72. The van der Waals surface area contributed by atoms with Gasteiger partial charge < -0.3 is 5.11 Å². The minimum atomic E-state index is -0.749. The van der Waals surface area contributed by atoms with Gasteiger partial charge in [-0.15, -0.1) is 0 Å². The average Bonchev–Trinajstić information content (AvgIpc) is 2.43. The lowest BCUT2D eigenvalue weighted by molar-refractivity contribution is -0.143. The molecular weight excluding hydrogens is 297 g/mol. The van der Waals surface area contributed by atoms with Gasteiger partial charge in [0, 0.05) is 10.0 Å². The standard InChI is InChI=1S/C15H19Cl2NO2/c1-10(15(19)20)18-6-4-11(5-7-18)8-12-9-13(16)2-3-14(12)17/h2-3,9-11H,4-8H2,1H3,(H,19,20). The Hall–Kier alpha value is -0.770. The molecule has 0 bridgehead atoms. The van der Waals surface area contributed by atoms with Gasteiger partial charge in [-0.25, -0.2) is 0 Å². The average molecular weight is 316 g/mol. The highest BCUT2D eigenvalue weighted by Gasteiger charge is 2.26. The monoisotopic (exact) mass is 315 g/mol. The number of likely N-dealkylation sites (tertiary alicyclic amines) is 1. The summed E-state index contributed by atoms with van der Waals surface area (Å²) in [6, 6.07) is 5.16. The fraction of sp³-hybridized carbons (Fsp3) is 0.533. The minimum absolute atomic E-state index is 0.397. The van der Waals surface area contributed by atoms with Crippen molar-refractivity contribution in [1.29, 1.82) is 0 Å². The summed E-state index contributed by atoms with van der Waals surface area (Å²) in [6.45, 7) is 3.41. The summed E-state index contributed by atoms with van der Waals surface area (Å²) in [7, 11) is 0. The molecule has 1 aromatic carbocycles. The van der Waals surface area contributed by atoms with E-state index in [2.05, 4.69) is 0 Å². The van der Waals surface area contributed by atoms with Gasteiger partial charge in [0.1, 0.15) is 6.04 Å². The fourth-order valence-electron chi connectivity index (χ4n) is 2.71. The number of carbonyl (C=O) groups is 1. The zero-order chi connectivity index (χ0) is 14.7. The molecule has 0 saturated carbocycles. The number of piperidine rings is 1. The molecule has 110 valence electrons. The van der Waals surface area contributed by atoms with E-state index in [-0.39, 0.29) is 0 Å². The summed E-state index contributed by atoms with van der Waals surface area (Å²) in [5.41, 5.74) is 1.09. The van der Waals surface area contributed by atoms with Gasteiger partial charge in [0.2, 0.25) is 0 Å². The first kappa shape index (κ1) is 15.6. The highest BCUT2D eigenvalue weighted by Crippen LogP contribution is 2.28. The molecule has 1 heterocycles. The van der Waals surface area contributed by atoms with Gasteiger partial charge in [-0.2, -0.15) is 0 Å². The summed E-state index contributed by atoms with van der Waals surface area (Å²) in [5, 5.41) is 10.5. The van der Waals surface area contributed by atoms with Gasteiger partial charge in [-0.1, -0.05) is 23.2 Å². The van der Waals surface area contributed by atoms with E-state index in [9.17, 15) is 4.79 Å². The number of hydrogen-bond donors (Lipinski definition) is 1. The molecule has 1 fully saturated rings. The van der Waals surface area contributed by atoms with E-state index in [1.54, 1.807) is 13.0 Å². The number of hydrogen-bond acceptors (Lipinski definition) is 2.